The van der Waals surface area contributed by atoms with Crippen LogP contribution in [-0.2, 0) is 0 Å². The number of aromatic nitrogens is 2. The minimum Gasteiger partial charge on any atom is -0.497 e. The number of H-pyrrole nitrogens is 1. The molecule has 120 valence electrons. The Morgan fingerprint density at radius 3 is 2.78 bits per heavy atom. The third-order valence-electron chi connectivity index (χ3n) is 3.68. The van der Waals surface area contributed by atoms with E-state index >= 15 is 0 Å². The molecule has 1 aromatic heterocycles. The lowest BCUT2D eigenvalue weighted by atomic mass is 9.99. The molecule has 0 unspecified atom stereocenters. The number of fused-ring (bicyclic) bond motifs is 1. The Morgan fingerprint density at radius 2 is 2.04 bits per heavy atom. The van der Waals surface area contributed by atoms with Crippen LogP contribution in [0.3, 0.4) is 0 Å². The molecule has 0 spiro atoms. The number of hydrogen-bond acceptors (Lipinski definition) is 2. The number of rotatable bonds is 2. The molecular formula is C17H15F3N2O. The zero-order valence-electron chi connectivity index (χ0n) is 12.4. The molecule has 6 heteroatoms. The molecule has 0 saturated heterocycles. The van der Waals surface area contributed by atoms with Gasteiger partial charge in [0.1, 0.15) is 11.6 Å². The molecule has 0 atom stereocenters. The van der Waals surface area contributed by atoms with Crippen LogP contribution in [0.5, 0.6) is 5.75 Å². The van der Waals surface area contributed by atoms with Crippen LogP contribution < -0.4 is 4.74 Å². The zero-order chi connectivity index (χ0) is 16.4. The third kappa shape index (κ3) is 3.16. The highest BCUT2D eigenvalue weighted by Crippen LogP contribution is 2.36. The normalized spacial score (nSPS) is 17.2. The van der Waals surface area contributed by atoms with E-state index in [1.54, 1.807) is 24.3 Å². The zero-order valence-corrected chi connectivity index (χ0v) is 12.4. The van der Waals surface area contributed by atoms with Crippen molar-refractivity contribution in [3.8, 4) is 5.75 Å². The van der Waals surface area contributed by atoms with E-state index in [2.05, 4.69) is 9.97 Å². The maximum atomic E-state index is 13.4. The predicted molar refractivity (Wildman–Crippen MR) is 83.1 cm³/mol. The third-order valence-corrected chi connectivity index (χ3v) is 3.68. The number of nitrogens with zero attached hydrogens (tertiary/aromatic N) is 1. The molecule has 0 saturated carbocycles. The quantitative estimate of drug-likeness (QED) is 0.863. The number of hydrogen-bond donors (Lipinski definition) is 1. The minimum atomic E-state index is -4.42. The van der Waals surface area contributed by atoms with Gasteiger partial charge in [-0.2, -0.15) is 13.2 Å². The van der Waals surface area contributed by atoms with Crippen molar-refractivity contribution in [2.75, 3.05) is 7.11 Å². The van der Waals surface area contributed by atoms with E-state index < -0.39 is 11.7 Å². The van der Waals surface area contributed by atoms with Crippen molar-refractivity contribution < 1.29 is 17.9 Å². The molecule has 0 aliphatic heterocycles. The summed E-state index contributed by atoms with van der Waals surface area (Å²) >= 11 is 0. The van der Waals surface area contributed by atoms with Crippen LogP contribution in [0.25, 0.3) is 16.6 Å². The van der Waals surface area contributed by atoms with Crippen molar-refractivity contribution >= 4 is 16.6 Å². The summed E-state index contributed by atoms with van der Waals surface area (Å²) in [5.41, 5.74) is 0.771. The van der Waals surface area contributed by atoms with Crippen LogP contribution in [0.1, 0.15) is 18.7 Å². The highest BCUT2D eigenvalue weighted by molar-refractivity contribution is 5.81. The molecule has 1 aliphatic rings. The number of halogens is 3. The Kier molecular flexibility index (Phi) is 3.98. The van der Waals surface area contributed by atoms with E-state index in [4.69, 9.17) is 4.74 Å². The molecule has 1 aliphatic carbocycles. The second-order valence-corrected chi connectivity index (χ2v) is 5.18. The highest BCUT2D eigenvalue weighted by Gasteiger charge is 2.35. The average Bonchev–Trinajstić information content (AvgIpc) is 2.87. The van der Waals surface area contributed by atoms with Crippen LogP contribution in [0.2, 0.25) is 0 Å². The minimum absolute atomic E-state index is 0.174. The largest absolute Gasteiger partial charge is 0.497 e. The van der Waals surface area contributed by atoms with Gasteiger partial charge in [-0.3, -0.25) is 0 Å². The summed E-state index contributed by atoms with van der Waals surface area (Å²) in [6.45, 7) is 0. The van der Waals surface area contributed by atoms with E-state index in [0.717, 1.165) is 6.08 Å². The maximum Gasteiger partial charge on any atom is 0.416 e. The molecule has 1 aromatic carbocycles. The SMILES string of the molecule is COc1ccc2nc(C3=C(C(F)(F)F)/C=C\C=CCC3)[nH]c2c1. The Morgan fingerprint density at radius 1 is 1.22 bits per heavy atom. The number of aromatic amines is 1. The fraction of sp³-hybridized carbons (Fsp3) is 0.235. The molecular weight excluding hydrogens is 305 g/mol. The first-order chi connectivity index (χ1) is 11.0. The molecule has 1 heterocycles. The lowest BCUT2D eigenvalue weighted by molar-refractivity contribution is -0.0877. The van der Waals surface area contributed by atoms with Gasteiger partial charge in [-0.25, -0.2) is 4.98 Å². The van der Waals surface area contributed by atoms with E-state index in [0.29, 0.717) is 23.2 Å². The van der Waals surface area contributed by atoms with Crippen molar-refractivity contribution in [1.29, 1.82) is 0 Å². The van der Waals surface area contributed by atoms with Crippen molar-refractivity contribution in [2.24, 2.45) is 0 Å². The van der Waals surface area contributed by atoms with Gasteiger partial charge in [-0.05, 0) is 31.1 Å². The average molecular weight is 320 g/mol. The fourth-order valence-corrected chi connectivity index (χ4v) is 2.56. The van der Waals surface area contributed by atoms with E-state index in [9.17, 15) is 13.2 Å². The molecule has 0 radical (unpaired) electrons. The van der Waals surface area contributed by atoms with Gasteiger partial charge in [0, 0.05) is 11.6 Å². The molecule has 0 bridgehead atoms. The van der Waals surface area contributed by atoms with Gasteiger partial charge >= 0.3 is 6.18 Å². The van der Waals surface area contributed by atoms with Crippen molar-refractivity contribution in [2.45, 2.75) is 19.0 Å². The summed E-state index contributed by atoms with van der Waals surface area (Å²) in [5, 5.41) is 0. The number of ether oxygens (including phenoxy) is 1. The number of methoxy groups -OCH3 is 1. The molecule has 1 N–H and O–H groups in total. The van der Waals surface area contributed by atoms with Gasteiger partial charge < -0.3 is 9.72 Å². The lowest BCUT2D eigenvalue weighted by Gasteiger charge is -2.14. The van der Waals surface area contributed by atoms with Gasteiger partial charge in [0.25, 0.3) is 0 Å². The van der Waals surface area contributed by atoms with Crippen LogP contribution in [0.4, 0.5) is 13.2 Å². The fourth-order valence-electron chi connectivity index (χ4n) is 2.56. The Bertz CT molecular complexity index is 813. The number of alkyl halides is 3. The van der Waals surface area contributed by atoms with Crippen LogP contribution in [0.15, 0.2) is 48.1 Å². The standard InChI is InChI=1S/C17H15F3N2O/c1-23-11-8-9-14-15(10-11)22-16(21-14)12-6-4-2-3-5-7-13(12)17(18,19)20/h2-3,5,7-10H,4,6H2,1H3,(H,21,22)/b3-2?,7-5-,13-12?. The summed E-state index contributed by atoms with van der Waals surface area (Å²) in [7, 11) is 1.54. The molecule has 0 amide bonds. The van der Waals surface area contributed by atoms with Crippen LogP contribution in [0, 0.1) is 0 Å². The molecule has 2 aromatic rings. The van der Waals surface area contributed by atoms with Crippen LogP contribution in [-0.4, -0.2) is 23.3 Å². The second-order valence-electron chi connectivity index (χ2n) is 5.18. The second kappa shape index (κ2) is 5.95. The summed E-state index contributed by atoms with van der Waals surface area (Å²) in [6.07, 6.45) is 2.35. The molecule has 23 heavy (non-hydrogen) atoms. The smallest absolute Gasteiger partial charge is 0.416 e. The number of imidazole rings is 1. The van der Waals surface area contributed by atoms with Gasteiger partial charge in [0.15, 0.2) is 0 Å². The summed E-state index contributed by atoms with van der Waals surface area (Å²) in [6, 6.07) is 5.17. The van der Waals surface area contributed by atoms with Crippen molar-refractivity contribution in [1.82, 2.24) is 9.97 Å². The van der Waals surface area contributed by atoms with Crippen molar-refractivity contribution in [3.63, 3.8) is 0 Å². The van der Waals surface area contributed by atoms with E-state index in [-0.39, 0.29) is 17.8 Å². The van der Waals surface area contributed by atoms with Gasteiger partial charge in [-0.15, -0.1) is 0 Å². The summed E-state index contributed by atoms with van der Waals surface area (Å²) in [5.74, 6) is 0.874. The van der Waals surface area contributed by atoms with E-state index in [1.165, 1.54) is 13.2 Å². The molecule has 0 fully saturated rings. The van der Waals surface area contributed by atoms with Gasteiger partial charge in [0.05, 0.1) is 23.7 Å². The number of benzene rings is 1. The van der Waals surface area contributed by atoms with E-state index in [1.807, 2.05) is 6.08 Å². The Balaban J connectivity index is 2.16. The topological polar surface area (TPSA) is 37.9 Å². The summed E-state index contributed by atoms with van der Waals surface area (Å²) in [4.78, 5) is 7.30. The van der Waals surface area contributed by atoms with Crippen LogP contribution >= 0.6 is 0 Å². The first-order valence-electron chi connectivity index (χ1n) is 7.17. The van der Waals surface area contributed by atoms with Gasteiger partial charge in [0.2, 0.25) is 0 Å². The highest BCUT2D eigenvalue weighted by atomic mass is 19.4. The number of nitrogens with one attached hydrogen (secondary N) is 1. The Hall–Kier alpha value is -2.50. The first kappa shape index (κ1) is 15.4. The maximum absolute atomic E-state index is 13.4. The van der Waals surface area contributed by atoms with Gasteiger partial charge in [-0.1, -0.05) is 18.2 Å². The molecule has 3 rings (SSSR count). The predicted octanol–water partition coefficient (Wildman–Crippen LogP) is 4.79. The summed E-state index contributed by atoms with van der Waals surface area (Å²) < 4.78 is 45.2. The van der Waals surface area contributed by atoms with Crippen molar-refractivity contribution in [3.05, 3.63) is 53.9 Å². The molecule has 3 nitrogen and oxygen atoms in total. The monoisotopic (exact) mass is 320 g/mol. The Labute approximate surface area is 131 Å². The first-order valence-corrected chi connectivity index (χ1v) is 7.17. The number of allylic oxidation sites excluding steroid dienone is 6. The lowest BCUT2D eigenvalue weighted by Crippen LogP contribution is -2.13.